The summed E-state index contributed by atoms with van der Waals surface area (Å²) in [5.41, 5.74) is 7.50. The highest BCUT2D eigenvalue weighted by atomic mass is 32.1. The normalized spacial score (nSPS) is 11.8. The zero-order valence-corrected chi connectivity index (χ0v) is 23.3. The summed E-state index contributed by atoms with van der Waals surface area (Å²) in [7, 11) is 0. The van der Waals surface area contributed by atoms with Crippen molar-refractivity contribution in [2.45, 2.75) is 0 Å². The topological polar surface area (TPSA) is 30.7 Å². The van der Waals surface area contributed by atoms with Gasteiger partial charge in [-0.2, -0.15) is 0 Å². The minimum atomic E-state index is 0.674. The van der Waals surface area contributed by atoms with Crippen LogP contribution in [0.3, 0.4) is 0 Å². The molecule has 0 unspecified atom stereocenters. The highest BCUT2D eigenvalue weighted by molar-refractivity contribution is 7.25. The predicted molar refractivity (Wildman–Crippen MR) is 178 cm³/mol. The van der Waals surface area contributed by atoms with Crippen molar-refractivity contribution in [2.75, 3.05) is 0 Å². The van der Waals surface area contributed by atoms with Crippen molar-refractivity contribution in [1.29, 1.82) is 0 Å². The predicted octanol–water partition coefficient (Wildman–Crippen LogP) is 10.4. The summed E-state index contributed by atoms with van der Waals surface area (Å²) >= 11 is 1.85. The highest BCUT2D eigenvalue weighted by Crippen LogP contribution is 2.41. The van der Waals surface area contributed by atoms with Crippen LogP contribution in [0.4, 0.5) is 0 Å². The molecule has 9 rings (SSSR count). The molecule has 196 valence electrons. The van der Waals surface area contributed by atoms with Crippen molar-refractivity contribution in [1.82, 2.24) is 14.5 Å². The molecule has 0 atom stereocenters. The van der Waals surface area contributed by atoms with E-state index in [9.17, 15) is 0 Å². The first kappa shape index (κ1) is 23.4. The first-order valence-electron chi connectivity index (χ1n) is 14.1. The van der Waals surface area contributed by atoms with Crippen LogP contribution in [0, 0.1) is 0 Å². The number of nitrogens with zero attached hydrogens (tertiary/aromatic N) is 3. The van der Waals surface area contributed by atoms with E-state index in [1.165, 1.54) is 42.1 Å². The Bertz CT molecular complexity index is 2470. The average Bonchev–Trinajstić information content (AvgIpc) is 3.60. The second kappa shape index (κ2) is 9.10. The third-order valence-electron chi connectivity index (χ3n) is 8.22. The van der Waals surface area contributed by atoms with Gasteiger partial charge in [-0.25, -0.2) is 9.97 Å². The Morgan fingerprint density at radius 2 is 1.19 bits per heavy atom. The molecule has 42 heavy (non-hydrogen) atoms. The minimum Gasteiger partial charge on any atom is -0.277 e. The Labute approximate surface area is 246 Å². The van der Waals surface area contributed by atoms with Gasteiger partial charge >= 0.3 is 0 Å². The Hall–Kier alpha value is -5.32. The van der Waals surface area contributed by atoms with Gasteiger partial charge in [0.15, 0.2) is 0 Å². The zero-order valence-electron chi connectivity index (χ0n) is 22.5. The van der Waals surface area contributed by atoms with Crippen LogP contribution in [0.15, 0.2) is 140 Å². The molecule has 9 aromatic rings. The lowest BCUT2D eigenvalue weighted by Crippen LogP contribution is -2.04. The number of benzene rings is 6. The van der Waals surface area contributed by atoms with E-state index in [-0.39, 0.29) is 0 Å². The van der Waals surface area contributed by atoms with Crippen LogP contribution in [0.25, 0.3) is 81.2 Å². The van der Waals surface area contributed by atoms with E-state index >= 15 is 0 Å². The van der Waals surface area contributed by atoms with Gasteiger partial charge in [-0.05, 0) is 35.9 Å². The van der Waals surface area contributed by atoms with Gasteiger partial charge in [0.2, 0.25) is 5.95 Å². The van der Waals surface area contributed by atoms with Crippen LogP contribution >= 0.6 is 11.3 Å². The van der Waals surface area contributed by atoms with Gasteiger partial charge in [-0.1, -0.05) is 109 Å². The number of aromatic nitrogens is 3. The summed E-state index contributed by atoms with van der Waals surface area (Å²) in [6.07, 6.45) is 0. The Morgan fingerprint density at radius 1 is 0.476 bits per heavy atom. The molecule has 0 saturated carbocycles. The maximum atomic E-state index is 5.28. The van der Waals surface area contributed by atoms with Crippen LogP contribution in [-0.2, 0) is 0 Å². The molecule has 0 saturated heterocycles. The second-order valence-electron chi connectivity index (χ2n) is 10.6. The summed E-state index contributed by atoms with van der Waals surface area (Å²) in [6, 6.07) is 49.5. The van der Waals surface area contributed by atoms with Gasteiger partial charge in [0, 0.05) is 47.5 Å². The average molecular weight is 554 g/mol. The monoisotopic (exact) mass is 553 g/mol. The molecule has 0 N–H and O–H groups in total. The first-order chi connectivity index (χ1) is 20.8. The molecular formula is C38H23N3S. The fourth-order valence-corrected chi connectivity index (χ4v) is 7.42. The molecule has 3 aromatic heterocycles. The molecule has 0 bridgehead atoms. The molecule has 4 heteroatoms. The Balaban J connectivity index is 1.39. The maximum Gasteiger partial charge on any atom is 0.235 e. The largest absolute Gasteiger partial charge is 0.277 e. The Morgan fingerprint density at radius 3 is 2.10 bits per heavy atom. The summed E-state index contributed by atoms with van der Waals surface area (Å²) in [5, 5.41) is 6.02. The molecular weight excluding hydrogens is 531 g/mol. The molecule has 0 aliphatic heterocycles. The molecule has 6 aromatic carbocycles. The van der Waals surface area contributed by atoms with Crippen molar-refractivity contribution in [3.8, 4) is 28.3 Å². The van der Waals surface area contributed by atoms with Gasteiger partial charge < -0.3 is 0 Å². The zero-order chi connectivity index (χ0) is 27.6. The van der Waals surface area contributed by atoms with Gasteiger partial charge in [-0.3, -0.25) is 4.57 Å². The third-order valence-corrected chi connectivity index (χ3v) is 9.37. The second-order valence-corrected chi connectivity index (χ2v) is 11.7. The smallest absolute Gasteiger partial charge is 0.235 e. The van der Waals surface area contributed by atoms with E-state index < -0.39 is 0 Å². The van der Waals surface area contributed by atoms with Gasteiger partial charge in [0.1, 0.15) is 0 Å². The quantitative estimate of drug-likeness (QED) is 0.218. The fourth-order valence-electron chi connectivity index (χ4n) is 6.33. The minimum absolute atomic E-state index is 0.674. The number of hydrogen-bond acceptors (Lipinski definition) is 3. The van der Waals surface area contributed by atoms with E-state index in [2.05, 4.69) is 132 Å². The molecule has 0 aliphatic rings. The van der Waals surface area contributed by atoms with E-state index in [0.29, 0.717) is 5.95 Å². The molecule has 0 fully saturated rings. The maximum absolute atomic E-state index is 5.28. The lowest BCUT2D eigenvalue weighted by Gasteiger charge is -2.13. The molecule has 0 aliphatic carbocycles. The lowest BCUT2D eigenvalue weighted by atomic mass is 10.00. The van der Waals surface area contributed by atoms with Crippen LogP contribution in [0.2, 0.25) is 0 Å². The number of para-hydroxylation sites is 3. The summed E-state index contributed by atoms with van der Waals surface area (Å²) in [4.78, 5) is 10.5. The number of rotatable bonds is 3. The van der Waals surface area contributed by atoms with E-state index in [4.69, 9.17) is 9.97 Å². The molecule has 3 nitrogen and oxygen atoms in total. The van der Waals surface area contributed by atoms with Crippen molar-refractivity contribution in [2.24, 2.45) is 0 Å². The number of fused-ring (bicyclic) bond motifs is 7. The summed E-state index contributed by atoms with van der Waals surface area (Å²) in [5.74, 6) is 0.674. The fraction of sp³-hybridized carbons (Fsp3) is 0. The van der Waals surface area contributed by atoms with Crippen molar-refractivity contribution >= 4 is 64.2 Å². The summed E-state index contributed by atoms with van der Waals surface area (Å²) < 4.78 is 4.88. The van der Waals surface area contributed by atoms with E-state index in [1.807, 2.05) is 23.5 Å². The third kappa shape index (κ3) is 3.46. The first-order valence-corrected chi connectivity index (χ1v) is 14.9. The van der Waals surface area contributed by atoms with Crippen LogP contribution in [0.1, 0.15) is 0 Å². The molecule has 3 heterocycles. The SMILES string of the molecule is c1ccc(-c2nc(-n3c4ccccc4c4cccc(-c5ccc6sc7ccccc7c6c5)c43)nc3ccccc23)cc1. The van der Waals surface area contributed by atoms with Gasteiger partial charge in [0.05, 0.1) is 22.2 Å². The van der Waals surface area contributed by atoms with Gasteiger partial charge in [0.25, 0.3) is 0 Å². The molecule has 0 amide bonds. The number of thiophene rings is 1. The van der Waals surface area contributed by atoms with E-state index in [1.54, 1.807) is 0 Å². The van der Waals surface area contributed by atoms with Crippen molar-refractivity contribution in [3.63, 3.8) is 0 Å². The Kier molecular flexibility index (Phi) is 5.07. The van der Waals surface area contributed by atoms with Crippen molar-refractivity contribution in [3.05, 3.63) is 140 Å². The summed E-state index contributed by atoms with van der Waals surface area (Å²) in [6.45, 7) is 0. The lowest BCUT2D eigenvalue weighted by molar-refractivity contribution is 1.01. The molecule has 0 radical (unpaired) electrons. The number of hydrogen-bond donors (Lipinski definition) is 0. The molecule has 0 spiro atoms. The van der Waals surface area contributed by atoms with E-state index in [0.717, 1.165) is 33.2 Å². The van der Waals surface area contributed by atoms with Crippen LogP contribution in [0.5, 0.6) is 0 Å². The van der Waals surface area contributed by atoms with Crippen LogP contribution < -0.4 is 0 Å². The highest BCUT2D eigenvalue weighted by Gasteiger charge is 2.20. The van der Waals surface area contributed by atoms with Crippen LogP contribution in [-0.4, -0.2) is 14.5 Å². The van der Waals surface area contributed by atoms with Crippen molar-refractivity contribution < 1.29 is 0 Å². The van der Waals surface area contributed by atoms with Gasteiger partial charge in [-0.15, -0.1) is 11.3 Å². The standard InChI is InChI=1S/C38H23N3S/c1-2-11-24(12-3-1)36-30-15-4-7-18-32(30)39-38(40-36)41-33-19-8-5-13-27(33)29-17-10-16-26(37(29)41)25-21-22-35-31(23-25)28-14-6-9-20-34(28)42-35/h1-23H.